The minimum absolute atomic E-state index is 0.00438. The fourth-order valence-corrected chi connectivity index (χ4v) is 3.27. The second-order valence-electron chi connectivity index (χ2n) is 5.47. The zero-order valence-electron chi connectivity index (χ0n) is 14.8. The summed E-state index contributed by atoms with van der Waals surface area (Å²) in [5.74, 6) is -2.47. The van der Waals surface area contributed by atoms with Crippen LogP contribution in [0.25, 0.3) is 0 Å². The monoisotopic (exact) mass is 455 g/mol. The van der Waals surface area contributed by atoms with Crippen LogP contribution in [0.1, 0.15) is 33.2 Å². The van der Waals surface area contributed by atoms with Crippen LogP contribution in [0.3, 0.4) is 0 Å². The van der Waals surface area contributed by atoms with Crippen molar-refractivity contribution in [1.29, 1.82) is 0 Å². The molecular weight excluding hydrogens is 437 g/mol. The van der Waals surface area contributed by atoms with Gasteiger partial charge in [-0.15, -0.1) is 0 Å². The van der Waals surface area contributed by atoms with Gasteiger partial charge < -0.3 is 10.2 Å². The maximum atomic E-state index is 11.2. The van der Waals surface area contributed by atoms with Gasteiger partial charge in [0, 0.05) is 0 Å². The number of benzene rings is 2. The number of carbonyl (C=O) groups excluding carboxylic acids is 1. The van der Waals surface area contributed by atoms with Crippen LogP contribution in [0.2, 0.25) is 0 Å². The standard InChI is InChI=1S/C9H8O4.C8H10AsNO5/c1-5-2-3-6(8(10)11)4-7(5)9(12)13;1-6(11)10-8-4-2-7(3-5-8)9(12,13)15-14/h2-4H,1H3,(H,10,11)(H,12,13);2-5,14H,1H3,(H,10,11)(H,12,13). The van der Waals surface area contributed by atoms with Gasteiger partial charge in [-0.25, -0.2) is 9.59 Å². The Bertz CT molecular complexity index is 925. The Morgan fingerprint density at radius 1 is 1.00 bits per heavy atom. The van der Waals surface area contributed by atoms with Crippen molar-refractivity contribution >= 4 is 42.1 Å². The summed E-state index contributed by atoms with van der Waals surface area (Å²) in [5.41, 5.74) is 1.07. The molecule has 0 spiro atoms. The Kier molecular flexibility index (Phi) is 8.14. The van der Waals surface area contributed by atoms with Crippen molar-refractivity contribution in [3.05, 3.63) is 59.2 Å². The summed E-state index contributed by atoms with van der Waals surface area (Å²) in [6, 6.07) is 9.51. The van der Waals surface area contributed by atoms with Gasteiger partial charge in [-0.3, -0.25) is 0 Å². The Morgan fingerprint density at radius 3 is 2.00 bits per heavy atom. The zero-order chi connectivity index (χ0) is 21.5. The topological polar surface area (TPSA) is 170 Å². The minimum atomic E-state index is -4.76. The van der Waals surface area contributed by atoms with Crippen molar-refractivity contribution < 1.29 is 41.6 Å². The van der Waals surface area contributed by atoms with Crippen LogP contribution in [0.5, 0.6) is 0 Å². The van der Waals surface area contributed by atoms with Crippen LogP contribution < -0.4 is 9.67 Å². The van der Waals surface area contributed by atoms with Crippen molar-refractivity contribution in [2.24, 2.45) is 0 Å². The summed E-state index contributed by atoms with van der Waals surface area (Å²) in [6.07, 6.45) is 0. The molecule has 1 amide bonds. The first kappa shape index (κ1) is 23.1. The molecule has 2 rings (SSSR count). The number of anilines is 1. The van der Waals surface area contributed by atoms with Crippen molar-refractivity contribution in [3.63, 3.8) is 0 Å². The Morgan fingerprint density at radius 2 is 1.57 bits per heavy atom. The summed E-state index contributed by atoms with van der Waals surface area (Å²) < 4.78 is 23.8. The van der Waals surface area contributed by atoms with Gasteiger partial charge >= 0.3 is 100 Å². The van der Waals surface area contributed by atoms with Crippen LogP contribution in [0.15, 0.2) is 42.5 Å². The van der Waals surface area contributed by atoms with E-state index in [-0.39, 0.29) is 21.4 Å². The number of aromatic carboxylic acids is 2. The predicted molar refractivity (Wildman–Crippen MR) is 97.9 cm³/mol. The summed E-state index contributed by atoms with van der Waals surface area (Å²) in [6.45, 7) is 2.97. The van der Waals surface area contributed by atoms with Gasteiger partial charge in [-0.2, -0.15) is 0 Å². The van der Waals surface area contributed by atoms with Crippen LogP contribution in [-0.4, -0.2) is 51.6 Å². The van der Waals surface area contributed by atoms with E-state index in [9.17, 15) is 18.1 Å². The first-order chi connectivity index (χ1) is 13.0. The third-order valence-electron chi connectivity index (χ3n) is 3.34. The SMILES string of the molecule is CC(=O)Nc1ccc([As](=O)(O)OO)cc1.Cc1ccc(C(=O)O)cc1C(=O)O. The van der Waals surface area contributed by atoms with E-state index in [1.807, 2.05) is 0 Å². The molecule has 1 unspecified atom stereocenters. The summed E-state index contributed by atoms with van der Waals surface area (Å²) >= 11 is -4.76. The number of rotatable bonds is 5. The average molecular weight is 455 g/mol. The minimum Gasteiger partial charge on any atom is -0.478 e. The number of carboxylic acids is 2. The fourth-order valence-electron chi connectivity index (χ4n) is 1.97. The molecule has 0 aliphatic heterocycles. The molecule has 0 bridgehead atoms. The second kappa shape index (κ2) is 9.86. The number of aryl methyl sites for hydroxylation is 1. The van der Waals surface area contributed by atoms with Crippen molar-refractivity contribution in [1.82, 2.24) is 0 Å². The average Bonchev–Trinajstić information content (AvgIpc) is 2.62. The summed E-state index contributed by atoms with van der Waals surface area (Å²) in [7, 11) is 0. The van der Waals surface area contributed by atoms with E-state index in [1.165, 1.54) is 43.3 Å². The first-order valence-corrected chi connectivity index (χ1v) is 10.9. The summed E-state index contributed by atoms with van der Waals surface area (Å²) in [5, 5.41) is 28.0. The van der Waals surface area contributed by atoms with Crippen molar-refractivity contribution in [2.45, 2.75) is 13.8 Å². The number of carboxylic acid groups (broad SMARTS) is 2. The number of hydrogen-bond donors (Lipinski definition) is 5. The molecule has 0 fully saturated rings. The van der Waals surface area contributed by atoms with Crippen LogP contribution in [-0.2, 0) is 12.4 Å². The maximum Gasteiger partial charge on any atom is 0.335 e. The third-order valence-corrected chi connectivity index (χ3v) is 5.80. The van der Waals surface area contributed by atoms with Gasteiger partial charge in [-0.1, -0.05) is 6.07 Å². The second-order valence-corrected chi connectivity index (χ2v) is 9.08. The molecular formula is C17H18AsNO9. The molecule has 5 N–H and O–H groups in total. The molecule has 2 aromatic carbocycles. The molecule has 0 aliphatic rings. The van der Waals surface area contributed by atoms with Gasteiger partial charge in [0.2, 0.25) is 0 Å². The molecule has 0 aliphatic carbocycles. The third kappa shape index (κ3) is 6.67. The maximum absolute atomic E-state index is 11.2. The molecule has 1 atom stereocenters. The van der Waals surface area contributed by atoms with Crippen LogP contribution >= 0.6 is 0 Å². The molecule has 10 nitrogen and oxygen atoms in total. The fraction of sp³-hybridized carbons (Fsp3) is 0.118. The first-order valence-electron chi connectivity index (χ1n) is 7.59. The molecule has 150 valence electrons. The number of nitrogens with one attached hydrogen (secondary N) is 1. The number of hydrogen-bond acceptors (Lipinski definition) is 6. The van der Waals surface area contributed by atoms with Crippen molar-refractivity contribution in [3.8, 4) is 0 Å². The van der Waals surface area contributed by atoms with E-state index in [2.05, 4.69) is 9.19 Å². The van der Waals surface area contributed by atoms with Gasteiger partial charge in [0.15, 0.2) is 0 Å². The normalized spacial score (nSPS) is 12.1. The van der Waals surface area contributed by atoms with E-state index in [4.69, 9.17) is 19.6 Å². The molecule has 2 aromatic rings. The van der Waals surface area contributed by atoms with E-state index >= 15 is 0 Å². The molecule has 0 heterocycles. The molecule has 11 heteroatoms. The number of carbonyl (C=O) groups is 3. The van der Waals surface area contributed by atoms with E-state index in [1.54, 1.807) is 6.92 Å². The molecule has 28 heavy (non-hydrogen) atoms. The van der Waals surface area contributed by atoms with Gasteiger partial charge in [0.1, 0.15) is 0 Å². The Hall–Kier alpha value is -2.91. The molecule has 0 saturated carbocycles. The van der Waals surface area contributed by atoms with Crippen LogP contribution in [0, 0.1) is 6.92 Å². The van der Waals surface area contributed by atoms with Gasteiger partial charge in [0.05, 0.1) is 11.1 Å². The van der Waals surface area contributed by atoms with E-state index < -0.39 is 26.1 Å². The zero-order valence-corrected chi connectivity index (χ0v) is 16.7. The van der Waals surface area contributed by atoms with Crippen LogP contribution in [0.4, 0.5) is 5.69 Å². The Labute approximate surface area is 162 Å². The van der Waals surface area contributed by atoms with Gasteiger partial charge in [-0.05, 0) is 24.6 Å². The molecule has 0 saturated heterocycles. The molecule has 0 radical (unpaired) electrons. The smallest absolute Gasteiger partial charge is 0.335 e. The quantitative estimate of drug-likeness (QED) is 0.252. The number of amides is 1. The summed E-state index contributed by atoms with van der Waals surface area (Å²) in [4.78, 5) is 31.8. The predicted octanol–water partition coefficient (Wildman–Crippen LogP) is 1.09. The molecule has 0 aromatic heterocycles. The van der Waals surface area contributed by atoms with E-state index in [0.29, 0.717) is 11.3 Å². The van der Waals surface area contributed by atoms with Crippen molar-refractivity contribution in [2.75, 3.05) is 5.32 Å². The Balaban J connectivity index is 0.000000283. The largest absolute Gasteiger partial charge is 0.478 e. The van der Waals surface area contributed by atoms with E-state index in [0.717, 1.165) is 6.07 Å². The van der Waals surface area contributed by atoms with Gasteiger partial charge in [0.25, 0.3) is 0 Å².